The second-order valence-electron chi connectivity index (χ2n) is 2.29. The average molecular weight is 146 g/mol. The number of nitrogens with one attached hydrogen (secondary N) is 1. The molecule has 3 N–H and O–H groups in total. The molecule has 58 valence electrons. The van der Waals surface area contributed by atoms with E-state index in [9.17, 15) is 4.79 Å². The summed E-state index contributed by atoms with van der Waals surface area (Å²) in [6.07, 6.45) is 1.28. The quantitative estimate of drug-likeness (QED) is 0.462. The Hall–Kier alpha value is -0.650. The molecular weight excluding hydrogens is 136 g/mol. The molecule has 1 aliphatic heterocycles. The van der Waals surface area contributed by atoms with Crippen LogP contribution in [-0.2, 0) is 4.79 Å². The third kappa shape index (κ3) is 1.66. The van der Waals surface area contributed by atoms with Gasteiger partial charge in [0.2, 0.25) is 0 Å². The van der Waals surface area contributed by atoms with Crippen molar-refractivity contribution in [1.82, 2.24) is 10.6 Å². The summed E-state index contributed by atoms with van der Waals surface area (Å²) < 4.78 is 0. The number of rotatable bonds is 1. The van der Waals surface area contributed by atoms with E-state index in [1.165, 1.54) is 0 Å². The van der Waals surface area contributed by atoms with Gasteiger partial charge < -0.3 is 5.11 Å². The number of carboxylic acids is 1. The van der Waals surface area contributed by atoms with Crippen LogP contribution in [0.4, 0.5) is 0 Å². The average Bonchev–Trinajstić information content (AvgIpc) is 1.88. The van der Waals surface area contributed by atoms with Crippen molar-refractivity contribution in [2.75, 3.05) is 6.54 Å². The number of hydrogen-bond donors (Lipinski definition) is 3. The van der Waals surface area contributed by atoms with Gasteiger partial charge in [0, 0.05) is 6.54 Å². The molecule has 0 aromatic rings. The van der Waals surface area contributed by atoms with E-state index in [0.29, 0.717) is 19.4 Å². The Balaban J connectivity index is 2.39. The van der Waals surface area contributed by atoms with Crippen LogP contribution in [-0.4, -0.2) is 34.0 Å². The highest BCUT2D eigenvalue weighted by molar-refractivity contribution is 5.73. The van der Waals surface area contributed by atoms with E-state index >= 15 is 0 Å². The fourth-order valence-electron chi connectivity index (χ4n) is 0.933. The Bertz CT molecular complexity index is 139. The van der Waals surface area contributed by atoms with Crippen molar-refractivity contribution < 1.29 is 15.1 Å². The van der Waals surface area contributed by atoms with Crippen molar-refractivity contribution in [3.8, 4) is 0 Å². The predicted octanol–water partition coefficient (Wildman–Crippen LogP) is -0.571. The van der Waals surface area contributed by atoms with Crippen LogP contribution in [0.25, 0.3) is 0 Å². The van der Waals surface area contributed by atoms with E-state index in [4.69, 9.17) is 10.3 Å². The maximum Gasteiger partial charge on any atom is 0.322 e. The Kier molecular flexibility index (Phi) is 2.21. The molecule has 1 atom stereocenters. The van der Waals surface area contributed by atoms with E-state index in [-0.39, 0.29) is 0 Å². The monoisotopic (exact) mass is 146 g/mol. The van der Waals surface area contributed by atoms with Crippen LogP contribution in [0, 0.1) is 0 Å². The topological polar surface area (TPSA) is 72.8 Å². The van der Waals surface area contributed by atoms with Crippen LogP contribution in [0.2, 0.25) is 0 Å². The van der Waals surface area contributed by atoms with Gasteiger partial charge in [0.1, 0.15) is 6.04 Å². The molecule has 1 fully saturated rings. The minimum Gasteiger partial charge on any atom is -0.480 e. The smallest absolute Gasteiger partial charge is 0.322 e. The number of hydrogen-bond acceptors (Lipinski definition) is 4. The third-order valence-electron chi connectivity index (χ3n) is 1.47. The Labute approximate surface area is 58.2 Å². The Morgan fingerprint density at radius 2 is 2.40 bits per heavy atom. The van der Waals surface area contributed by atoms with Gasteiger partial charge >= 0.3 is 5.97 Å². The van der Waals surface area contributed by atoms with Gasteiger partial charge in [-0.1, -0.05) is 0 Å². The van der Waals surface area contributed by atoms with E-state index in [0.717, 1.165) is 5.17 Å². The molecule has 0 aromatic heterocycles. The van der Waals surface area contributed by atoms with Gasteiger partial charge in [-0.15, -0.1) is 5.17 Å². The largest absolute Gasteiger partial charge is 0.480 e. The van der Waals surface area contributed by atoms with Gasteiger partial charge in [-0.25, -0.2) is 5.43 Å². The third-order valence-corrected chi connectivity index (χ3v) is 1.47. The lowest BCUT2D eigenvalue weighted by Crippen LogP contribution is -2.50. The lowest BCUT2D eigenvalue weighted by atomic mass is 10.1. The number of hydrazine groups is 1. The molecule has 1 unspecified atom stereocenters. The number of nitrogens with zero attached hydrogens (tertiary/aromatic N) is 1. The molecule has 1 heterocycles. The summed E-state index contributed by atoms with van der Waals surface area (Å²) in [5.74, 6) is -0.918. The fourth-order valence-corrected chi connectivity index (χ4v) is 0.933. The van der Waals surface area contributed by atoms with E-state index in [2.05, 4.69) is 5.43 Å². The maximum absolute atomic E-state index is 10.3. The first-order valence-corrected chi connectivity index (χ1v) is 3.15. The van der Waals surface area contributed by atoms with Crippen LogP contribution in [0.3, 0.4) is 0 Å². The van der Waals surface area contributed by atoms with Crippen LogP contribution in [0.5, 0.6) is 0 Å². The summed E-state index contributed by atoms with van der Waals surface area (Å²) in [6.45, 7) is 0.490. The second kappa shape index (κ2) is 2.96. The fraction of sp³-hybridized carbons (Fsp3) is 0.800. The Morgan fingerprint density at radius 3 is 2.80 bits per heavy atom. The molecule has 0 radical (unpaired) electrons. The minimum atomic E-state index is -0.918. The van der Waals surface area contributed by atoms with Gasteiger partial charge in [0.15, 0.2) is 0 Å². The lowest BCUT2D eigenvalue weighted by molar-refractivity contribution is -0.175. The zero-order valence-electron chi connectivity index (χ0n) is 5.45. The normalized spacial score (nSPS) is 28.3. The molecule has 0 saturated carbocycles. The highest BCUT2D eigenvalue weighted by atomic mass is 16.5. The first kappa shape index (κ1) is 7.46. The maximum atomic E-state index is 10.3. The SMILES string of the molecule is O=C(O)C1CCCN(O)N1. The highest BCUT2D eigenvalue weighted by Gasteiger charge is 2.23. The molecular formula is C5H10N2O3. The molecule has 0 aliphatic carbocycles. The van der Waals surface area contributed by atoms with Gasteiger partial charge in [0.25, 0.3) is 0 Å². The molecule has 1 saturated heterocycles. The van der Waals surface area contributed by atoms with Crippen LogP contribution in [0.1, 0.15) is 12.8 Å². The minimum absolute atomic E-state index is 0.490. The summed E-state index contributed by atoms with van der Waals surface area (Å²) >= 11 is 0. The molecule has 5 nitrogen and oxygen atoms in total. The number of hydroxylamine groups is 1. The zero-order chi connectivity index (χ0) is 7.56. The lowest BCUT2D eigenvalue weighted by Gasteiger charge is -2.26. The summed E-state index contributed by atoms with van der Waals surface area (Å²) in [4.78, 5) is 10.3. The van der Waals surface area contributed by atoms with Crippen molar-refractivity contribution in [1.29, 1.82) is 0 Å². The molecule has 1 rings (SSSR count). The summed E-state index contributed by atoms with van der Waals surface area (Å²) in [7, 11) is 0. The van der Waals surface area contributed by atoms with Crippen LogP contribution in [0.15, 0.2) is 0 Å². The predicted molar refractivity (Wildman–Crippen MR) is 32.3 cm³/mol. The van der Waals surface area contributed by atoms with Gasteiger partial charge in [-0.2, -0.15) is 0 Å². The number of aliphatic carboxylic acids is 1. The van der Waals surface area contributed by atoms with Crippen molar-refractivity contribution >= 4 is 5.97 Å². The number of carbonyl (C=O) groups is 1. The molecule has 0 aromatic carbocycles. The summed E-state index contributed by atoms with van der Waals surface area (Å²) in [6, 6.07) is -0.626. The Morgan fingerprint density at radius 1 is 1.70 bits per heavy atom. The molecule has 0 amide bonds. The van der Waals surface area contributed by atoms with Crippen molar-refractivity contribution in [2.24, 2.45) is 0 Å². The second-order valence-corrected chi connectivity index (χ2v) is 2.29. The van der Waals surface area contributed by atoms with Crippen LogP contribution >= 0.6 is 0 Å². The molecule has 0 bridgehead atoms. The zero-order valence-corrected chi connectivity index (χ0v) is 5.45. The van der Waals surface area contributed by atoms with Gasteiger partial charge in [-0.3, -0.25) is 10.0 Å². The van der Waals surface area contributed by atoms with Gasteiger partial charge in [0.05, 0.1) is 0 Å². The van der Waals surface area contributed by atoms with Crippen molar-refractivity contribution in [3.05, 3.63) is 0 Å². The number of carboxylic acid groups (broad SMARTS) is 1. The van der Waals surface area contributed by atoms with Gasteiger partial charge in [-0.05, 0) is 12.8 Å². The highest BCUT2D eigenvalue weighted by Crippen LogP contribution is 2.04. The first-order valence-electron chi connectivity index (χ1n) is 3.15. The first-order chi connectivity index (χ1) is 4.70. The molecule has 10 heavy (non-hydrogen) atoms. The molecule has 0 spiro atoms. The van der Waals surface area contributed by atoms with E-state index < -0.39 is 12.0 Å². The standard InChI is InChI=1S/C5H10N2O3/c8-5(9)4-2-1-3-7(10)6-4/h4,6,10H,1-3H2,(H,8,9). The molecule has 5 heteroatoms. The van der Waals surface area contributed by atoms with E-state index in [1.807, 2.05) is 0 Å². The molecule has 1 aliphatic rings. The van der Waals surface area contributed by atoms with Crippen molar-refractivity contribution in [2.45, 2.75) is 18.9 Å². The van der Waals surface area contributed by atoms with Crippen molar-refractivity contribution in [3.63, 3.8) is 0 Å². The summed E-state index contributed by atoms with van der Waals surface area (Å²) in [5, 5.41) is 18.1. The van der Waals surface area contributed by atoms with E-state index in [1.54, 1.807) is 0 Å². The van der Waals surface area contributed by atoms with Crippen LogP contribution < -0.4 is 5.43 Å². The summed E-state index contributed by atoms with van der Waals surface area (Å²) in [5.41, 5.74) is 2.41.